The third-order valence-corrected chi connectivity index (χ3v) is 1.11. The molecule has 0 spiro atoms. The van der Waals surface area contributed by atoms with Crippen LogP contribution in [0.5, 0.6) is 0 Å². The van der Waals surface area contributed by atoms with E-state index >= 15 is 0 Å². The summed E-state index contributed by atoms with van der Waals surface area (Å²) in [5.41, 5.74) is 7.57. The van der Waals surface area contributed by atoms with Crippen LogP contribution in [0.15, 0.2) is 30.3 Å². The minimum Gasteiger partial charge on any atom is -0.699 e. The van der Waals surface area contributed by atoms with Crippen molar-refractivity contribution in [1.29, 1.82) is 0 Å². The van der Waals surface area contributed by atoms with Crippen LogP contribution in [-0.2, 0) is 32.1 Å². The average molecular weight is 294 g/mol. The first-order valence-electron chi connectivity index (χ1n) is 3.69. The van der Waals surface area contributed by atoms with Gasteiger partial charge >= 0.3 is 0 Å². The van der Waals surface area contributed by atoms with Crippen molar-refractivity contribution in [3.05, 3.63) is 36.1 Å². The van der Waals surface area contributed by atoms with Crippen LogP contribution in [0, 0.1) is 0 Å². The van der Waals surface area contributed by atoms with Crippen LogP contribution in [0.1, 0.15) is 6.92 Å². The van der Waals surface area contributed by atoms with Crippen molar-refractivity contribution in [3.8, 4) is 0 Å². The molecule has 0 aliphatic heterocycles. The van der Waals surface area contributed by atoms with Gasteiger partial charge in [-0.25, -0.2) is 0 Å². The number of aliphatic hydroxyl groups excluding tert-OH is 1. The SMILES string of the molecule is CC(O)C(=O)[O-].[Cd].[NH-]c1ccccc1. The monoisotopic (exact) mass is 295 g/mol. The largest absolute Gasteiger partial charge is 0.699 e. The second-order valence-corrected chi connectivity index (χ2v) is 2.36. The van der Waals surface area contributed by atoms with Crippen molar-refractivity contribution in [2.45, 2.75) is 13.0 Å². The average Bonchev–Trinajstić information content (AvgIpc) is 2.06. The zero-order valence-electron chi connectivity index (χ0n) is 7.93. The molecule has 0 saturated carbocycles. The maximum absolute atomic E-state index is 9.34. The van der Waals surface area contributed by atoms with E-state index in [4.69, 9.17) is 10.8 Å². The number of carboxylic acid groups (broad SMARTS) is 1. The number of carbonyl (C=O) groups is 1. The smallest absolute Gasteiger partial charge is 0.0905 e. The molecule has 1 rings (SSSR count). The Morgan fingerprint density at radius 2 is 1.79 bits per heavy atom. The first kappa shape index (κ1) is 15.8. The molecule has 0 heterocycles. The maximum atomic E-state index is 9.34. The normalized spacial score (nSPS) is 10.1. The van der Waals surface area contributed by atoms with Gasteiger partial charge in [-0.3, -0.25) is 0 Å². The molecule has 1 aromatic carbocycles. The van der Waals surface area contributed by atoms with Gasteiger partial charge in [0.05, 0.1) is 12.1 Å². The molecule has 0 aliphatic carbocycles. The summed E-state index contributed by atoms with van der Waals surface area (Å²) in [5, 5.41) is 17.3. The number of benzene rings is 1. The molecule has 5 heteroatoms. The fraction of sp³-hybridized carbons (Fsp3) is 0.222. The number of hydrogen-bond acceptors (Lipinski definition) is 3. The molecule has 1 unspecified atom stereocenters. The Balaban J connectivity index is 0. The molecule has 0 saturated heterocycles. The van der Waals surface area contributed by atoms with Gasteiger partial charge in [-0.05, 0) is 6.92 Å². The third kappa shape index (κ3) is 9.46. The molecule has 0 aromatic heterocycles. The molecular formula is C9H11CdNO3-2. The van der Waals surface area contributed by atoms with E-state index in [2.05, 4.69) is 0 Å². The molecule has 1 atom stereocenters. The molecule has 74 valence electrons. The molecule has 2 N–H and O–H groups in total. The quantitative estimate of drug-likeness (QED) is 0.765. The van der Waals surface area contributed by atoms with Gasteiger partial charge in [0.15, 0.2) is 0 Å². The standard InChI is InChI=1S/C6H6N.C3H6O3.Cd/c7-6-4-2-1-3-5-6;1-2(4)3(5)6;/h1-5,7H;2,4H,1H3,(H,5,6);/q-1;;/p-1. The fourth-order valence-electron chi connectivity index (χ4n) is 0.438. The maximum Gasteiger partial charge on any atom is 0.0905 e. The van der Waals surface area contributed by atoms with Crippen molar-refractivity contribution in [1.82, 2.24) is 0 Å². The predicted molar refractivity (Wildman–Crippen MR) is 47.1 cm³/mol. The van der Waals surface area contributed by atoms with Crippen molar-refractivity contribution >= 4 is 11.7 Å². The second kappa shape index (κ2) is 8.95. The van der Waals surface area contributed by atoms with Gasteiger partial charge in [0.2, 0.25) is 0 Å². The van der Waals surface area contributed by atoms with E-state index in [0.717, 1.165) is 6.92 Å². The van der Waals surface area contributed by atoms with Gasteiger partial charge in [-0.1, -0.05) is 30.3 Å². The Hall–Kier alpha value is -0.628. The van der Waals surface area contributed by atoms with Crippen molar-refractivity contribution < 1.29 is 42.3 Å². The van der Waals surface area contributed by atoms with E-state index in [1.807, 2.05) is 18.2 Å². The van der Waals surface area contributed by atoms with Gasteiger partial charge in [0.1, 0.15) is 0 Å². The third-order valence-electron chi connectivity index (χ3n) is 1.11. The first-order valence-corrected chi connectivity index (χ1v) is 3.69. The summed E-state index contributed by atoms with van der Waals surface area (Å²) in [6.07, 6.45) is -1.34. The van der Waals surface area contributed by atoms with Crippen LogP contribution >= 0.6 is 0 Å². The number of hydrogen-bond donors (Lipinski definition) is 1. The summed E-state index contributed by atoms with van der Waals surface area (Å²) >= 11 is 0. The van der Waals surface area contributed by atoms with Crippen molar-refractivity contribution in [2.24, 2.45) is 0 Å². The number of carbonyl (C=O) groups excluding carboxylic acids is 1. The van der Waals surface area contributed by atoms with E-state index in [1.54, 1.807) is 12.1 Å². The number of aliphatic hydroxyl groups is 1. The summed E-state index contributed by atoms with van der Waals surface area (Å²) in [6, 6.07) is 9.10. The predicted octanol–water partition coefficient (Wildman–Crippen LogP) is 0.485. The minimum atomic E-state index is -1.44. The van der Waals surface area contributed by atoms with Crippen molar-refractivity contribution in [2.75, 3.05) is 0 Å². The van der Waals surface area contributed by atoms with Crippen LogP contribution in [0.3, 0.4) is 0 Å². The summed E-state index contributed by atoms with van der Waals surface area (Å²) in [7, 11) is 0. The van der Waals surface area contributed by atoms with Gasteiger partial charge in [-0.2, -0.15) is 0 Å². The van der Waals surface area contributed by atoms with Crippen LogP contribution in [0.4, 0.5) is 5.69 Å². The number of aliphatic carboxylic acids is 1. The number of rotatable bonds is 1. The Bertz CT molecular complexity index is 251. The topological polar surface area (TPSA) is 84.2 Å². The Morgan fingerprint density at radius 1 is 1.43 bits per heavy atom. The molecule has 4 nitrogen and oxygen atoms in total. The summed E-state index contributed by atoms with van der Waals surface area (Å²) in [6.45, 7) is 1.13. The summed E-state index contributed by atoms with van der Waals surface area (Å²) < 4.78 is 0. The van der Waals surface area contributed by atoms with E-state index in [-0.39, 0.29) is 27.3 Å². The summed E-state index contributed by atoms with van der Waals surface area (Å²) in [5.74, 6) is -1.44. The van der Waals surface area contributed by atoms with E-state index in [0.29, 0.717) is 5.69 Å². The second-order valence-electron chi connectivity index (χ2n) is 2.36. The Morgan fingerprint density at radius 3 is 1.93 bits per heavy atom. The Kier molecular flexibility index (Phi) is 10.1. The van der Waals surface area contributed by atoms with E-state index < -0.39 is 12.1 Å². The summed E-state index contributed by atoms with van der Waals surface area (Å²) in [4.78, 5) is 9.34. The number of nitrogens with one attached hydrogen (secondary N) is 1. The van der Waals surface area contributed by atoms with Gasteiger partial charge in [-0.15, -0.1) is 5.69 Å². The Labute approximate surface area is 103 Å². The van der Waals surface area contributed by atoms with Crippen molar-refractivity contribution in [3.63, 3.8) is 0 Å². The van der Waals surface area contributed by atoms with E-state index in [1.165, 1.54) is 0 Å². The molecule has 0 bridgehead atoms. The fourth-order valence-corrected chi connectivity index (χ4v) is 0.438. The van der Waals surface area contributed by atoms with Crippen LogP contribution in [0.25, 0.3) is 5.73 Å². The molecule has 0 amide bonds. The first-order chi connectivity index (χ1) is 6.04. The van der Waals surface area contributed by atoms with Crippen LogP contribution < -0.4 is 5.11 Å². The van der Waals surface area contributed by atoms with Gasteiger partial charge in [0.25, 0.3) is 0 Å². The molecule has 0 fully saturated rings. The molecule has 0 aliphatic rings. The van der Waals surface area contributed by atoms with Gasteiger partial charge < -0.3 is 20.7 Å². The zero-order valence-corrected chi connectivity index (χ0v) is 12.0. The molecule has 0 radical (unpaired) electrons. The molecule has 1 aromatic rings. The number of carboxylic acids is 1. The van der Waals surface area contributed by atoms with E-state index in [9.17, 15) is 9.90 Å². The molecule has 14 heavy (non-hydrogen) atoms. The van der Waals surface area contributed by atoms with Crippen LogP contribution in [-0.4, -0.2) is 17.2 Å². The molecular weight excluding hydrogens is 283 g/mol. The zero-order chi connectivity index (χ0) is 10.3. The van der Waals surface area contributed by atoms with Gasteiger partial charge in [0, 0.05) is 27.3 Å². The minimum absolute atomic E-state index is 0. The van der Waals surface area contributed by atoms with Crippen LogP contribution in [0.2, 0.25) is 0 Å².